The molecule has 0 aliphatic rings. The lowest BCUT2D eigenvalue weighted by Gasteiger charge is -2.18. The number of nitrogens with one attached hydrogen (secondary N) is 1. The highest BCUT2D eigenvalue weighted by molar-refractivity contribution is 5.33. The molecule has 1 aromatic rings. The number of rotatable bonds is 12. The molecule has 0 bridgehead atoms. The van der Waals surface area contributed by atoms with Gasteiger partial charge in [0.25, 0.3) is 0 Å². The van der Waals surface area contributed by atoms with Crippen LogP contribution >= 0.6 is 0 Å². The van der Waals surface area contributed by atoms with Crippen LogP contribution in [0.5, 0.6) is 5.75 Å². The van der Waals surface area contributed by atoms with Gasteiger partial charge in [-0.25, -0.2) is 0 Å². The van der Waals surface area contributed by atoms with Gasteiger partial charge in [-0.2, -0.15) is 0 Å². The van der Waals surface area contributed by atoms with Gasteiger partial charge in [0.2, 0.25) is 0 Å². The second-order valence-corrected chi connectivity index (χ2v) is 5.19. The molecular weight excluding hydrogens is 266 g/mol. The molecule has 0 saturated heterocycles. The predicted octanol–water partition coefficient (Wildman–Crippen LogP) is 2.52. The molecule has 120 valence electrons. The third kappa shape index (κ3) is 7.46. The predicted molar refractivity (Wildman–Crippen MR) is 86.0 cm³/mol. The third-order valence-corrected chi connectivity index (χ3v) is 3.50. The first kappa shape index (κ1) is 18.0. The molecule has 1 aromatic carbocycles. The molecule has 0 amide bonds. The van der Waals surface area contributed by atoms with Gasteiger partial charge in [0.15, 0.2) is 0 Å². The maximum atomic E-state index is 5.67. The molecule has 4 heteroatoms. The summed E-state index contributed by atoms with van der Waals surface area (Å²) >= 11 is 0. The van der Waals surface area contributed by atoms with Crippen LogP contribution in [0.2, 0.25) is 0 Å². The summed E-state index contributed by atoms with van der Waals surface area (Å²) < 4.78 is 16.1. The monoisotopic (exact) mass is 295 g/mol. The maximum Gasteiger partial charge on any atom is 0.122 e. The van der Waals surface area contributed by atoms with Crippen LogP contribution in [0, 0.1) is 5.92 Å². The van der Waals surface area contributed by atoms with Crippen LogP contribution in [0.25, 0.3) is 0 Å². The fourth-order valence-corrected chi connectivity index (χ4v) is 2.40. The van der Waals surface area contributed by atoms with Crippen molar-refractivity contribution in [2.45, 2.75) is 19.3 Å². The molecule has 4 nitrogen and oxygen atoms in total. The first-order valence-corrected chi connectivity index (χ1v) is 7.65. The van der Waals surface area contributed by atoms with Crippen LogP contribution in [0.4, 0.5) is 0 Å². The van der Waals surface area contributed by atoms with E-state index in [0.717, 1.165) is 51.4 Å². The molecule has 1 rings (SSSR count). The Bertz CT molecular complexity index is 371. The fraction of sp³-hybridized carbons (Fsp3) is 0.647. The van der Waals surface area contributed by atoms with E-state index in [1.807, 2.05) is 19.2 Å². The molecule has 0 fully saturated rings. The zero-order valence-corrected chi connectivity index (χ0v) is 13.6. The molecule has 1 unspecified atom stereocenters. The fourth-order valence-electron chi connectivity index (χ4n) is 2.40. The zero-order valence-electron chi connectivity index (χ0n) is 13.6. The number of benzene rings is 1. The highest BCUT2D eigenvalue weighted by atomic mass is 16.5. The Morgan fingerprint density at radius 1 is 1.10 bits per heavy atom. The van der Waals surface area contributed by atoms with Crippen molar-refractivity contribution in [3.63, 3.8) is 0 Å². The summed E-state index contributed by atoms with van der Waals surface area (Å²) in [5.41, 5.74) is 1.26. The van der Waals surface area contributed by atoms with Crippen molar-refractivity contribution in [3.8, 4) is 5.75 Å². The van der Waals surface area contributed by atoms with Gasteiger partial charge in [-0.3, -0.25) is 0 Å². The van der Waals surface area contributed by atoms with Crippen LogP contribution < -0.4 is 10.1 Å². The molecule has 0 aromatic heterocycles. The number of para-hydroxylation sites is 1. The highest BCUT2D eigenvalue weighted by Gasteiger charge is 2.12. The summed E-state index contributed by atoms with van der Waals surface area (Å²) in [6.45, 7) is 3.32. The molecule has 21 heavy (non-hydrogen) atoms. The Balaban J connectivity index is 2.38. The topological polar surface area (TPSA) is 39.7 Å². The number of hydrogen-bond acceptors (Lipinski definition) is 4. The average Bonchev–Trinajstić information content (AvgIpc) is 2.51. The van der Waals surface area contributed by atoms with E-state index in [1.54, 1.807) is 14.2 Å². The minimum atomic E-state index is 0.550. The van der Waals surface area contributed by atoms with Gasteiger partial charge in [-0.15, -0.1) is 0 Å². The highest BCUT2D eigenvalue weighted by Crippen LogP contribution is 2.22. The molecule has 1 N–H and O–H groups in total. The second kappa shape index (κ2) is 11.5. The number of methoxy groups -OCH3 is 2. The van der Waals surface area contributed by atoms with Gasteiger partial charge in [-0.05, 0) is 50.4 Å². The molecule has 1 atom stereocenters. The zero-order chi connectivity index (χ0) is 15.3. The van der Waals surface area contributed by atoms with Crippen LogP contribution in [0.3, 0.4) is 0 Å². The van der Waals surface area contributed by atoms with Gasteiger partial charge in [-0.1, -0.05) is 18.2 Å². The van der Waals surface area contributed by atoms with Gasteiger partial charge in [0.1, 0.15) is 5.75 Å². The summed E-state index contributed by atoms with van der Waals surface area (Å²) in [5.74, 6) is 1.52. The van der Waals surface area contributed by atoms with E-state index in [-0.39, 0.29) is 0 Å². The van der Waals surface area contributed by atoms with E-state index in [1.165, 1.54) is 5.56 Å². The second-order valence-electron chi connectivity index (χ2n) is 5.19. The average molecular weight is 295 g/mol. The minimum absolute atomic E-state index is 0.550. The summed E-state index contributed by atoms with van der Waals surface area (Å²) in [4.78, 5) is 0. The standard InChI is InChI=1S/C17H29NO3/c1-18-14-15(9-12-21-11-6-10-19-2)13-16-7-4-5-8-17(16)20-3/h4-5,7-8,15,18H,6,9-14H2,1-3H3. The first-order chi connectivity index (χ1) is 10.3. The lowest BCUT2D eigenvalue weighted by Crippen LogP contribution is -2.22. The van der Waals surface area contributed by atoms with E-state index < -0.39 is 0 Å². The van der Waals surface area contributed by atoms with Crippen molar-refractivity contribution >= 4 is 0 Å². The Morgan fingerprint density at radius 2 is 1.90 bits per heavy atom. The third-order valence-electron chi connectivity index (χ3n) is 3.50. The van der Waals surface area contributed by atoms with Crippen molar-refractivity contribution in [1.29, 1.82) is 0 Å². The SMILES string of the molecule is CNCC(CCOCCCOC)Cc1ccccc1OC. The summed E-state index contributed by atoms with van der Waals surface area (Å²) in [7, 11) is 5.44. The van der Waals surface area contributed by atoms with Crippen LogP contribution in [-0.2, 0) is 15.9 Å². The van der Waals surface area contributed by atoms with E-state index in [2.05, 4.69) is 17.4 Å². The quantitative estimate of drug-likeness (QED) is 0.602. The molecule has 0 spiro atoms. The lowest BCUT2D eigenvalue weighted by molar-refractivity contribution is 0.0936. The molecule has 0 aliphatic heterocycles. The van der Waals surface area contributed by atoms with E-state index in [0.29, 0.717) is 5.92 Å². The molecule has 0 heterocycles. The van der Waals surface area contributed by atoms with E-state index in [4.69, 9.17) is 14.2 Å². The Morgan fingerprint density at radius 3 is 2.62 bits per heavy atom. The summed E-state index contributed by atoms with van der Waals surface area (Å²) in [6, 6.07) is 8.23. The Hall–Kier alpha value is -1.10. The smallest absolute Gasteiger partial charge is 0.122 e. The van der Waals surface area contributed by atoms with Crippen LogP contribution in [-0.4, -0.2) is 47.6 Å². The van der Waals surface area contributed by atoms with Gasteiger partial charge < -0.3 is 19.5 Å². The van der Waals surface area contributed by atoms with Gasteiger partial charge >= 0.3 is 0 Å². The van der Waals surface area contributed by atoms with Crippen molar-refractivity contribution in [2.75, 3.05) is 47.6 Å². The largest absolute Gasteiger partial charge is 0.496 e. The van der Waals surface area contributed by atoms with E-state index in [9.17, 15) is 0 Å². The van der Waals surface area contributed by atoms with Crippen LogP contribution in [0.1, 0.15) is 18.4 Å². The Labute approximate surface area is 128 Å². The van der Waals surface area contributed by atoms with Gasteiger partial charge in [0.05, 0.1) is 7.11 Å². The van der Waals surface area contributed by atoms with Crippen molar-refractivity contribution in [2.24, 2.45) is 5.92 Å². The normalized spacial score (nSPS) is 12.3. The summed E-state index contributed by atoms with van der Waals surface area (Å²) in [6.07, 6.45) is 3.01. The molecule has 0 radical (unpaired) electrons. The number of ether oxygens (including phenoxy) is 3. The minimum Gasteiger partial charge on any atom is -0.496 e. The van der Waals surface area contributed by atoms with Gasteiger partial charge in [0, 0.05) is 26.9 Å². The molecule has 0 aliphatic carbocycles. The van der Waals surface area contributed by atoms with Crippen LogP contribution in [0.15, 0.2) is 24.3 Å². The first-order valence-electron chi connectivity index (χ1n) is 7.65. The van der Waals surface area contributed by atoms with E-state index >= 15 is 0 Å². The Kier molecular flexibility index (Phi) is 9.87. The van der Waals surface area contributed by atoms with Crippen molar-refractivity contribution in [1.82, 2.24) is 5.32 Å². The number of hydrogen-bond donors (Lipinski definition) is 1. The maximum absolute atomic E-state index is 5.67. The molecule has 0 saturated carbocycles. The lowest BCUT2D eigenvalue weighted by atomic mass is 9.96. The molecular formula is C17H29NO3. The van der Waals surface area contributed by atoms with Crippen molar-refractivity contribution < 1.29 is 14.2 Å². The summed E-state index contributed by atoms with van der Waals surface area (Å²) in [5, 5.41) is 3.27. The van der Waals surface area contributed by atoms with Crippen molar-refractivity contribution in [3.05, 3.63) is 29.8 Å².